The van der Waals surface area contributed by atoms with Crippen LogP contribution in [0.3, 0.4) is 0 Å². The monoisotopic (exact) mass is 309 g/mol. The SMILES string of the molecule is CCC(C)C(NC(=O)c1cc(OC)c(OC)cc1C)C(=O)O. The lowest BCUT2D eigenvalue weighted by Gasteiger charge is -2.21. The molecule has 0 spiro atoms. The molecule has 0 heterocycles. The Kier molecular flexibility index (Phi) is 6.22. The second-order valence-corrected chi connectivity index (χ2v) is 5.20. The molecular formula is C16H23NO5. The molecule has 0 aliphatic heterocycles. The van der Waals surface area contributed by atoms with E-state index >= 15 is 0 Å². The van der Waals surface area contributed by atoms with Gasteiger partial charge in [0.15, 0.2) is 11.5 Å². The van der Waals surface area contributed by atoms with E-state index in [0.717, 1.165) is 0 Å². The lowest BCUT2D eigenvalue weighted by Crippen LogP contribution is -2.45. The fourth-order valence-corrected chi connectivity index (χ4v) is 2.13. The Morgan fingerprint density at radius 2 is 1.77 bits per heavy atom. The molecule has 0 aromatic heterocycles. The Morgan fingerprint density at radius 3 is 2.23 bits per heavy atom. The zero-order chi connectivity index (χ0) is 16.9. The third-order valence-electron chi connectivity index (χ3n) is 3.74. The van der Waals surface area contributed by atoms with Crippen molar-refractivity contribution in [3.8, 4) is 11.5 Å². The first-order valence-corrected chi connectivity index (χ1v) is 7.11. The maximum atomic E-state index is 12.4. The van der Waals surface area contributed by atoms with Crippen molar-refractivity contribution in [3.63, 3.8) is 0 Å². The minimum atomic E-state index is -1.04. The molecule has 1 aromatic carbocycles. The van der Waals surface area contributed by atoms with E-state index in [9.17, 15) is 14.7 Å². The highest BCUT2D eigenvalue weighted by molar-refractivity contribution is 5.98. The number of carboxylic acid groups (broad SMARTS) is 1. The van der Waals surface area contributed by atoms with Gasteiger partial charge in [-0.25, -0.2) is 4.79 Å². The van der Waals surface area contributed by atoms with Gasteiger partial charge >= 0.3 is 5.97 Å². The maximum Gasteiger partial charge on any atom is 0.326 e. The lowest BCUT2D eigenvalue weighted by atomic mass is 9.98. The van der Waals surface area contributed by atoms with Gasteiger partial charge in [-0.15, -0.1) is 0 Å². The Morgan fingerprint density at radius 1 is 1.23 bits per heavy atom. The van der Waals surface area contributed by atoms with Crippen LogP contribution < -0.4 is 14.8 Å². The highest BCUT2D eigenvalue weighted by atomic mass is 16.5. The largest absolute Gasteiger partial charge is 0.493 e. The molecule has 6 heteroatoms. The number of hydrogen-bond acceptors (Lipinski definition) is 4. The van der Waals surface area contributed by atoms with E-state index in [-0.39, 0.29) is 5.92 Å². The van der Waals surface area contributed by atoms with Gasteiger partial charge in [-0.2, -0.15) is 0 Å². The van der Waals surface area contributed by atoms with E-state index < -0.39 is 17.9 Å². The molecule has 0 fully saturated rings. The second-order valence-electron chi connectivity index (χ2n) is 5.20. The molecule has 0 saturated carbocycles. The van der Waals surface area contributed by atoms with Gasteiger partial charge in [0, 0.05) is 5.56 Å². The summed E-state index contributed by atoms with van der Waals surface area (Å²) in [7, 11) is 2.99. The number of ether oxygens (including phenoxy) is 2. The van der Waals surface area contributed by atoms with Crippen LogP contribution in [0.4, 0.5) is 0 Å². The second kappa shape index (κ2) is 7.68. The number of carbonyl (C=O) groups is 2. The molecule has 2 N–H and O–H groups in total. The van der Waals surface area contributed by atoms with Crippen molar-refractivity contribution in [2.45, 2.75) is 33.2 Å². The van der Waals surface area contributed by atoms with Gasteiger partial charge in [0.2, 0.25) is 0 Å². The minimum Gasteiger partial charge on any atom is -0.493 e. The van der Waals surface area contributed by atoms with E-state index in [4.69, 9.17) is 9.47 Å². The quantitative estimate of drug-likeness (QED) is 0.807. The molecule has 6 nitrogen and oxygen atoms in total. The number of carboxylic acids is 1. The molecule has 0 bridgehead atoms. The summed E-state index contributed by atoms with van der Waals surface area (Å²) in [5.74, 6) is -0.698. The Balaban J connectivity index is 3.09. The van der Waals surface area contributed by atoms with Gasteiger partial charge in [0.25, 0.3) is 5.91 Å². The maximum absolute atomic E-state index is 12.4. The summed E-state index contributed by atoms with van der Waals surface area (Å²) in [5.41, 5.74) is 1.05. The number of amides is 1. The van der Waals surface area contributed by atoms with Crippen LogP contribution in [0.2, 0.25) is 0 Å². The normalized spacial score (nSPS) is 13.1. The van der Waals surface area contributed by atoms with Gasteiger partial charge in [-0.05, 0) is 30.5 Å². The van der Waals surface area contributed by atoms with E-state index in [2.05, 4.69) is 5.32 Å². The molecule has 0 aliphatic carbocycles. The molecule has 122 valence electrons. The van der Waals surface area contributed by atoms with Crippen LogP contribution in [-0.4, -0.2) is 37.2 Å². The van der Waals surface area contributed by atoms with Gasteiger partial charge in [-0.3, -0.25) is 4.79 Å². The number of rotatable bonds is 7. The first kappa shape index (κ1) is 17.8. The Labute approximate surface area is 130 Å². The highest BCUT2D eigenvalue weighted by Crippen LogP contribution is 2.30. The van der Waals surface area contributed by atoms with Crippen LogP contribution in [0, 0.1) is 12.8 Å². The van der Waals surface area contributed by atoms with Crippen LogP contribution >= 0.6 is 0 Å². The van der Waals surface area contributed by atoms with E-state index in [1.165, 1.54) is 14.2 Å². The molecule has 1 aromatic rings. The van der Waals surface area contributed by atoms with Crippen LogP contribution in [0.25, 0.3) is 0 Å². The molecule has 2 atom stereocenters. The average molecular weight is 309 g/mol. The first-order valence-electron chi connectivity index (χ1n) is 7.11. The Bertz CT molecular complexity index is 556. The number of benzene rings is 1. The number of hydrogen-bond donors (Lipinski definition) is 2. The third-order valence-corrected chi connectivity index (χ3v) is 3.74. The summed E-state index contributed by atoms with van der Waals surface area (Å²) in [6.45, 7) is 5.44. The number of carbonyl (C=O) groups excluding carboxylic acids is 1. The molecule has 0 radical (unpaired) electrons. The van der Waals surface area contributed by atoms with Gasteiger partial charge in [-0.1, -0.05) is 20.3 Å². The predicted molar refractivity (Wildman–Crippen MR) is 82.6 cm³/mol. The standard InChI is InChI=1S/C16H23NO5/c1-6-9(2)14(16(19)20)17-15(18)11-8-13(22-5)12(21-4)7-10(11)3/h7-9,14H,6H2,1-5H3,(H,17,18)(H,19,20). The van der Waals surface area contributed by atoms with Crippen molar-refractivity contribution in [1.29, 1.82) is 0 Å². The first-order chi connectivity index (χ1) is 10.3. The molecule has 0 aliphatic rings. The fraction of sp³-hybridized carbons (Fsp3) is 0.500. The zero-order valence-electron chi connectivity index (χ0n) is 13.6. The third kappa shape index (κ3) is 3.90. The van der Waals surface area contributed by atoms with Crippen molar-refractivity contribution >= 4 is 11.9 Å². The molecule has 2 unspecified atom stereocenters. The summed E-state index contributed by atoms with van der Waals surface area (Å²) in [6.07, 6.45) is 0.655. The summed E-state index contributed by atoms with van der Waals surface area (Å²) < 4.78 is 10.4. The van der Waals surface area contributed by atoms with Crippen LogP contribution in [0.5, 0.6) is 11.5 Å². The van der Waals surface area contributed by atoms with E-state index in [1.54, 1.807) is 26.0 Å². The summed E-state index contributed by atoms with van der Waals surface area (Å²) in [4.78, 5) is 23.7. The predicted octanol–water partition coefficient (Wildman–Crippen LogP) is 2.24. The van der Waals surface area contributed by atoms with Crippen molar-refractivity contribution in [3.05, 3.63) is 23.3 Å². The smallest absolute Gasteiger partial charge is 0.326 e. The van der Waals surface area contributed by atoms with Crippen LogP contribution in [0.1, 0.15) is 36.2 Å². The van der Waals surface area contributed by atoms with Crippen molar-refractivity contribution in [2.75, 3.05) is 14.2 Å². The van der Waals surface area contributed by atoms with Crippen molar-refractivity contribution in [2.24, 2.45) is 5.92 Å². The summed E-state index contributed by atoms with van der Waals surface area (Å²) in [6, 6.07) is 2.32. The number of aliphatic carboxylic acids is 1. The van der Waals surface area contributed by atoms with Gasteiger partial charge in [0.1, 0.15) is 6.04 Å². The average Bonchev–Trinajstić information content (AvgIpc) is 2.50. The van der Waals surface area contributed by atoms with Crippen LogP contribution in [0.15, 0.2) is 12.1 Å². The zero-order valence-corrected chi connectivity index (χ0v) is 13.6. The highest BCUT2D eigenvalue weighted by Gasteiger charge is 2.26. The molecule has 22 heavy (non-hydrogen) atoms. The summed E-state index contributed by atoms with van der Waals surface area (Å²) in [5, 5.41) is 11.8. The van der Waals surface area contributed by atoms with Crippen molar-refractivity contribution in [1.82, 2.24) is 5.32 Å². The number of aryl methyl sites for hydroxylation is 1. The van der Waals surface area contributed by atoms with E-state index in [1.807, 2.05) is 6.92 Å². The fourth-order valence-electron chi connectivity index (χ4n) is 2.13. The van der Waals surface area contributed by atoms with Gasteiger partial charge in [0.05, 0.1) is 14.2 Å². The molecular weight excluding hydrogens is 286 g/mol. The van der Waals surface area contributed by atoms with Crippen molar-refractivity contribution < 1.29 is 24.2 Å². The van der Waals surface area contributed by atoms with E-state index in [0.29, 0.717) is 29.0 Å². The minimum absolute atomic E-state index is 0.165. The van der Waals surface area contributed by atoms with Crippen LogP contribution in [-0.2, 0) is 4.79 Å². The lowest BCUT2D eigenvalue weighted by molar-refractivity contribution is -0.140. The topological polar surface area (TPSA) is 84.9 Å². The Hall–Kier alpha value is -2.24. The molecule has 0 saturated heterocycles. The van der Waals surface area contributed by atoms with Gasteiger partial charge < -0.3 is 19.9 Å². The molecule has 1 rings (SSSR count). The number of nitrogens with one attached hydrogen (secondary N) is 1. The number of methoxy groups -OCH3 is 2. The summed E-state index contributed by atoms with van der Waals surface area (Å²) >= 11 is 0. The molecule has 1 amide bonds.